The lowest BCUT2D eigenvalue weighted by molar-refractivity contribution is -0.139. The Morgan fingerprint density at radius 2 is 2.06 bits per heavy atom. The summed E-state index contributed by atoms with van der Waals surface area (Å²) < 4.78 is 5.16. The van der Waals surface area contributed by atoms with E-state index in [1.807, 2.05) is 11.8 Å². The minimum atomic E-state index is 0.180. The average molecular weight is 255 g/mol. The van der Waals surface area contributed by atoms with Crippen LogP contribution in [-0.4, -0.2) is 74.2 Å². The molecule has 0 aromatic carbocycles. The lowest BCUT2D eigenvalue weighted by Gasteiger charge is -2.46. The highest BCUT2D eigenvalue weighted by Gasteiger charge is 2.34. The second-order valence-electron chi connectivity index (χ2n) is 5.32. The van der Waals surface area contributed by atoms with Crippen LogP contribution in [0.25, 0.3) is 0 Å². The second kappa shape index (κ2) is 6.50. The van der Waals surface area contributed by atoms with E-state index >= 15 is 0 Å². The van der Waals surface area contributed by atoms with Crippen molar-refractivity contribution >= 4 is 5.91 Å². The Morgan fingerprint density at radius 1 is 1.39 bits per heavy atom. The van der Waals surface area contributed by atoms with Crippen molar-refractivity contribution in [3.8, 4) is 0 Å². The highest BCUT2D eigenvalue weighted by Crippen LogP contribution is 2.17. The van der Waals surface area contributed by atoms with Crippen LogP contribution in [-0.2, 0) is 9.53 Å². The first-order valence-electron chi connectivity index (χ1n) is 6.96. The van der Waals surface area contributed by atoms with E-state index in [-0.39, 0.29) is 12.0 Å². The molecule has 104 valence electrons. The van der Waals surface area contributed by atoms with E-state index in [0.29, 0.717) is 12.5 Å². The Labute approximate surface area is 109 Å². The van der Waals surface area contributed by atoms with Crippen molar-refractivity contribution in [3.63, 3.8) is 0 Å². The molecule has 0 radical (unpaired) electrons. The Hall–Kier alpha value is -0.650. The minimum absolute atomic E-state index is 0.180. The number of carbonyl (C=O) groups excluding carboxylic acids is 1. The van der Waals surface area contributed by atoms with Gasteiger partial charge in [0.2, 0.25) is 5.91 Å². The SMILES string of the molecule is COC(C)CCC(=O)N1CC(N2CCNCC2)C1. The molecule has 2 heterocycles. The van der Waals surface area contributed by atoms with Crippen molar-refractivity contribution in [2.45, 2.75) is 31.9 Å². The molecule has 0 bridgehead atoms. The van der Waals surface area contributed by atoms with E-state index in [4.69, 9.17) is 4.74 Å². The Balaban J connectivity index is 1.63. The monoisotopic (exact) mass is 255 g/mol. The molecule has 2 aliphatic rings. The predicted octanol–water partition coefficient (Wildman–Crippen LogP) is -0.0825. The molecule has 5 nitrogen and oxygen atoms in total. The van der Waals surface area contributed by atoms with Gasteiger partial charge < -0.3 is 15.0 Å². The molecule has 0 aliphatic carbocycles. The fraction of sp³-hybridized carbons (Fsp3) is 0.923. The van der Waals surface area contributed by atoms with Gasteiger partial charge in [-0.15, -0.1) is 0 Å². The van der Waals surface area contributed by atoms with Crippen molar-refractivity contribution in [1.29, 1.82) is 0 Å². The van der Waals surface area contributed by atoms with Crippen LogP contribution >= 0.6 is 0 Å². The molecular formula is C13H25N3O2. The fourth-order valence-corrected chi connectivity index (χ4v) is 2.54. The van der Waals surface area contributed by atoms with Crippen LogP contribution < -0.4 is 5.32 Å². The molecule has 5 heteroatoms. The summed E-state index contributed by atoms with van der Waals surface area (Å²) in [5.41, 5.74) is 0. The maximum Gasteiger partial charge on any atom is 0.222 e. The molecule has 0 saturated carbocycles. The van der Waals surface area contributed by atoms with E-state index in [9.17, 15) is 4.79 Å². The van der Waals surface area contributed by atoms with E-state index in [1.54, 1.807) is 7.11 Å². The molecule has 1 atom stereocenters. The smallest absolute Gasteiger partial charge is 0.222 e. The molecule has 2 aliphatic heterocycles. The van der Waals surface area contributed by atoms with Gasteiger partial charge in [-0.1, -0.05) is 0 Å². The number of piperazine rings is 1. The van der Waals surface area contributed by atoms with Gasteiger partial charge in [-0.25, -0.2) is 0 Å². The number of ether oxygens (including phenoxy) is 1. The van der Waals surface area contributed by atoms with Crippen molar-refractivity contribution in [2.24, 2.45) is 0 Å². The molecule has 18 heavy (non-hydrogen) atoms. The van der Waals surface area contributed by atoms with Crippen LogP contribution in [0.3, 0.4) is 0 Å². The van der Waals surface area contributed by atoms with Crippen LogP contribution in [0.15, 0.2) is 0 Å². The lowest BCUT2D eigenvalue weighted by Crippen LogP contribution is -2.63. The number of nitrogens with zero attached hydrogens (tertiary/aromatic N) is 2. The third-order valence-electron chi connectivity index (χ3n) is 4.05. The summed E-state index contributed by atoms with van der Waals surface area (Å²) in [4.78, 5) is 16.4. The highest BCUT2D eigenvalue weighted by molar-refractivity contribution is 5.77. The van der Waals surface area contributed by atoms with Crippen molar-refractivity contribution in [1.82, 2.24) is 15.1 Å². The highest BCUT2D eigenvalue weighted by atomic mass is 16.5. The first-order valence-corrected chi connectivity index (χ1v) is 6.96. The molecule has 1 unspecified atom stereocenters. The number of methoxy groups -OCH3 is 1. The number of rotatable bonds is 5. The average Bonchev–Trinajstić information content (AvgIpc) is 2.35. The van der Waals surface area contributed by atoms with Gasteiger partial charge in [0.25, 0.3) is 0 Å². The zero-order chi connectivity index (χ0) is 13.0. The van der Waals surface area contributed by atoms with Gasteiger partial charge in [0.1, 0.15) is 0 Å². The van der Waals surface area contributed by atoms with E-state index in [2.05, 4.69) is 10.2 Å². The summed E-state index contributed by atoms with van der Waals surface area (Å²) >= 11 is 0. The van der Waals surface area contributed by atoms with Crippen LogP contribution in [0.1, 0.15) is 19.8 Å². The van der Waals surface area contributed by atoms with Gasteiger partial charge in [-0.3, -0.25) is 9.69 Å². The summed E-state index contributed by atoms with van der Waals surface area (Å²) in [6, 6.07) is 0.593. The number of carbonyl (C=O) groups is 1. The van der Waals surface area contributed by atoms with E-state index in [1.165, 1.54) is 0 Å². The summed E-state index contributed by atoms with van der Waals surface area (Å²) in [6.07, 6.45) is 1.62. The maximum atomic E-state index is 11.9. The van der Waals surface area contributed by atoms with Gasteiger partial charge in [-0.05, 0) is 13.3 Å². The van der Waals surface area contributed by atoms with Gasteiger partial charge in [-0.2, -0.15) is 0 Å². The number of hydrogen-bond acceptors (Lipinski definition) is 4. The largest absolute Gasteiger partial charge is 0.382 e. The van der Waals surface area contributed by atoms with Crippen LogP contribution in [0, 0.1) is 0 Å². The fourth-order valence-electron chi connectivity index (χ4n) is 2.54. The zero-order valence-electron chi connectivity index (χ0n) is 11.5. The predicted molar refractivity (Wildman–Crippen MR) is 70.5 cm³/mol. The van der Waals surface area contributed by atoms with E-state index in [0.717, 1.165) is 45.7 Å². The maximum absolute atomic E-state index is 11.9. The summed E-state index contributed by atoms with van der Waals surface area (Å²) in [5, 5.41) is 3.35. The first kappa shape index (κ1) is 13.8. The minimum Gasteiger partial charge on any atom is -0.382 e. The van der Waals surface area contributed by atoms with E-state index < -0.39 is 0 Å². The zero-order valence-corrected chi connectivity index (χ0v) is 11.5. The molecule has 0 spiro atoms. The molecule has 2 saturated heterocycles. The van der Waals surface area contributed by atoms with Crippen LogP contribution in [0.5, 0.6) is 0 Å². The Kier molecular flexibility index (Phi) is 4.97. The van der Waals surface area contributed by atoms with Gasteiger partial charge in [0.15, 0.2) is 0 Å². The number of hydrogen-bond donors (Lipinski definition) is 1. The summed E-state index contributed by atoms with van der Waals surface area (Å²) in [7, 11) is 1.69. The first-order chi connectivity index (χ1) is 8.70. The second-order valence-corrected chi connectivity index (χ2v) is 5.32. The van der Waals surface area contributed by atoms with Crippen molar-refractivity contribution in [2.75, 3.05) is 46.4 Å². The summed E-state index contributed by atoms with van der Waals surface area (Å²) in [6.45, 7) is 8.24. The Bertz CT molecular complexity index is 273. The van der Waals surface area contributed by atoms with Gasteiger partial charge in [0.05, 0.1) is 6.10 Å². The number of amides is 1. The third-order valence-corrected chi connectivity index (χ3v) is 4.05. The Morgan fingerprint density at radius 3 is 2.67 bits per heavy atom. The molecular weight excluding hydrogens is 230 g/mol. The third kappa shape index (κ3) is 3.43. The summed E-state index contributed by atoms with van der Waals surface area (Å²) in [5.74, 6) is 0.283. The topological polar surface area (TPSA) is 44.8 Å². The molecule has 2 rings (SSSR count). The standard InChI is InChI=1S/C13H25N3O2/c1-11(18-2)3-4-13(17)16-9-12(10-16)15-7-5-14-6-8-15/h11-12,14H,3-10H2,1-2H3. The van der Waals surface area contributed by atoms with Crippen molar-refractivity contribution < 1.29 is 9.53 Å². The van der Waals surface area contributed by atoms with Gasteiger partial charge in [0, 0.05) is 58.8 Å². The molecule has 0 aromatic heterocycles. The lowest BCUT2D eigenvalue weighted by atomic mass is 10.0. The van der Waals surface area contributed by atoms with Gasteiger partial charge >= 0.3 is 0 Å². The van der Waals surface area contributed by atoms with Crippen molar-refractivity contribution in [3.05, 3.63) is 0 Å². The number of nitrogens with one attached hydrogen (secondary N) is 1. The molecule has 1 N–H and O–H groups in total. The van der Waals surface area contributed by atoms with Crippen LogP contribution in [0.4, 0.5) is 0 Å². The van der Waals surface area contributed by atoms with Crippen LogP contribution in [0.2, 0.25) is 0 Å². The normalized spacial score (nSPS) is 23.8. The molecule has 1 amide bonds. The quantitative estimate of drug-likeness (QED) is 0.746. The molecule has 0 aromatic rings. The number of likely N-dealkylation sites (tertiary alicyclic amines) is 1. The molecule has 2 fully saturated rings.